The van der Waals surface area contributed by atoms with Gasteiger partial charge in [-0.1, -0.05) is 23.7 Å². The molecule has 1 saturated heterocycles. The average molecular weight is 236 g/mol. The van der Waals surface area contributed by atoms with Crippen LogP contribution in [0.5, 0.6) is 0 Å². The van der Waals surface area contributed by atoms with Gasteiger partial charge >= 0.3 is 0 Å². The van der Waals surface area contributed by atoms with Crippen LogP contribution in [0.2, 0.25) is 5.02 Å². The molecule has 1 spiro atoms. The third kappa shape index (κ3) is 1.87. The monoisotopic (exact) mass is 235 g/mol. The Morgan fingerprint density at radius 1 is 1.19 bits per heavy atom. The van der Waals surface area contributed by atoms with Gasteiger partial charge in [-0.15, -0.1) is 0 Å². The summed E-state index contributed by atoms with van der Waals surface area (Å²) in [7, 11) is 0. The lowest BCUT2D eigenvalue weighted by atomic mass is 9.56. The molecule has 0 amide bonds. The summed E-state index contributed by atoms with van der Waals surface area (Å²) >= 11 is 6.04. The molecule has 1 aromatic rings. The van der Waals surface area contributed by atoms with Gasteiger partial charge in [0.05, 0.1) is 0 Å². The summed E-state index contributed by atoms with van der Waals surface area (Å²) in [5.41, 5.74) is 2.11. The molecule has 16 heavy (non-hydrogen) atoms. The highest BCUT2D eigenvalue weighted by molar-refractivity contribution is 6.30. The highest BCUT2D eigenvalue weighted by Gasteiger charge is 2.44. The van der Waals surface area contributed by atoms with Crippen molar-refractivity contribution in [3.8, 4) is 0 Å². The number of rotatable bonds is 1. The molecule has 1 heterocycles. The van der Waals surface area contributed by atoms with Crippen LogP contribution < -0.4 is 5.32 Å². The minimum absolute atomic E-state index is 0.665. The quantitative estimate of drug-likeness (QED) is 0.785. The Kier molecular flexibility index (Phi) is 2.68. The van der Waals surface area contributed by atoms with Crippen molar-refractivity contribution in [3.63, 3.8) is 0 Å². The van der Waals surface area contributed by atoms with E-state index in [4.69, 9.17) is 11.6 Å². The van der Waals surface area contributed by atoms with E-state index in [1.54, 1.807) is 0 Å². The molecule has 1 aromatic carbocycles. The second-order valence-corrected chi connectivity index (χ2v) is 5.85. The molecular formula is C14H18ClN. The molecule has 0 aromatic heterocycles. The topological polar surface area (TPSA) is 12.0 Å². The number of benzene rings is 1. The predicted molar refractivity (Wildman–Crippen MR) is 68.0 cm³/mol. The summed E-state index contributed by atoms with van der Waals surface area (Å²) < 4.78 is 0. The van der Waals surface area contributed by atoms with E-state index in [0.717, 1.165) is 10.9 Å². The van der Waals surface area contributed by atoms with Crippen LogP contribution in [0.15, 0.2) is 24.3 Å². The maximum absolute atomic E-state index is 6.04. The first-order valence-electron chi connectivity index (χ1n) is 6.24. The van der Waals surface area contributed by atoms with Crippen LogP contribution in [0.1, 0.15) is 37.2 Å². The fourth-order valence-electron chi connectivity index (χ4n) is 3.35. The molecule has 1 nitrogen and oxygen atoms in total. The van der Waals surface area contributed by atoms with E-state index in [1.807, 2.05) is 6.07 Å². The lowest BCUT2D eigenvalue weighted by molar-refractivity contribution is 0.0604. The van der Waals surface area contributed by atoms with Crippen LogP contribution in [0.4, 0.5) is 0 Å². The summed E-state index contributed by atoms with van der Waals surface area (Å²) in [6, 6.07) is 8.40. The summed E-state index contributed by atoms with van der Waals surface area (Å²) in [6.07, 6.45) is 5.47. The number of nitrogens with one attached hydrogen (secondary N) is 1. The van der Waals surface area contributed by atoms with Gasteiger partial charge in [0, 0.05) is 5.02 Å². The van der Waals surface area contributed by atoms with Crippen molar-refractivity contribution in [2.75, 3.05) is 13.1 Å². The third-order valence-corrected chi connectivity index (χ3v) is 4.58. The van der Waals surface area contributed by atoms with Gasteiger partial charge < -0.3 is 5.32 Å². The average Bonchev–Trinajstić information content (AvgIpc) is 2.27. The highest BCUT2D eigenvalue weighted by Crippen LogP contribution is 2.55. The molecule has 0 bridgehead atoms. The third-order valence-electron chi connectivity index (χ3n) is 4.34. The fraction of sp³-hybridized carbons (Fsp3) is 0.571. The van der Waals surface area contributed by atoms with Crippen LogP contribution in [-0.2, 0) is 0 Å². The van der Waals surface area contributed by atoms with Gasteiger partial charge in [-0.2, -0.15) is 0 Å². The molecule has 0 radical (unpaired) electrons. The number of hydrogen-bond acceptors (Lipinski definition) is 1. The van der Waals surface area contributed by atoms with Gasteiger partial charge in [-0.05, 0) is 67.8 Å². The first-order valence-corrected chi connectivity index (χ1v) is 6.61. The number of halogens is 1. The molecule has 2 heteroatoms. The molecule has 0 unspecified atom stereocenters. The van der Waals surface area contributed by atoms with E-state index in [2.05, 4.69) is 23.5 Å². The summed E-state index contributed by atoms with van der Waals surface area (Å²) in [6.45, 7) is 2.42. The van der Waals surface area contributed by atoms with Gasteiger partial charge in [0.1, 0.15) is 0 Å². The molecule has 1 aliphatic heterocycles. The minimum Gasteiger partial charge on any atom is -0.317 e. The molecular weight excluding hydrogens is 218 g/mol. The second kappa shape index (κ2) is 4.05. The smallest absolute Gasteiger partial charge is 0.0408 e. The molecule has 0 atom stereocenters. The standard InChI is InChI=1S/C14H18ClN/c15-13-3-1-2-11(8-13)12-9-14(10-12)4-6-16-7-5-14/h1-3,8,12,16H,4-7,9-10H2. The van der Waals surface area contributed by atoms with Crippen molar-refractivity contribution < 1.29 is 0 Å². The number of hydrogen-bond donors (Lipinski definition) is 1. The summed E-state index contributed by atoms with van der Waals surface area (Å²) in [5.74, 6) is 0.761. The van der Waals surface area contributed by atoms with Crippen molar-refractivity contribution in [2.24, 2.45) is 5.41 Å². The van der Waals surface area contributed by atoms with E-state index in [1.165, 1.54) is 44.3 Å². The van der Waals surface area contributed by atoms with Crippen molar-refractivity contribution in [1.29, 1.82) is 0 Å². The first kappa shape index (κ1) is 10.6. The second-order valence-electron chi connectivity index (χ2n) is 5.41. The normalized spacial score (nSPS) is 24.3. The lowest BCUT2D eigenvalue weighted by Gasteiger charge is -2.50. The summed E-state index contributed by atoms with van der Waals surface area (Å²) in [5, 5.41) is 4.33. The molecule has 2 aliphatic rings. The predicted octanol–water partition coefficient (Wildman–Crippen LogP) is 3.59. The Bertz CT molecular complexity index is 374. The van der Waals surface area contributed by atoms with Crippen molar-refractivity contribution in [2.45, 2.75) is 31.6 Å². The van der Waals surface area contributed by atoms with E-state index in [9.17, 15) is 0 Å². The van der Waals surface area contributed by atoms with Crippen LogP contribution in [0.3, 0.4) is 0 Å². The molecule has 86 valence electrons. The maximum atomic E-state index is 6.04. The van der Waals surface area contributed by atoms with Crippen molar-refractivity contribution in [1.82, 2.24) is 5.32 Å². The fourth-order valence-corrected chi connectivity index (χ4v) is 3.55. The molecule has 1 N–H and O–H groups in total. The molecule has 3 rings (SSSR count). The van der Waals surface area contributed by atoms with Gasteiger partial charge in [-0.3, -0.25) is 0 Å². The van der Waals surface area contributed by atoms with Gasteiger partial charge in [0.2, 0.25) is 0 Å². The van der Waals surface area contributed by atoms with Crippen LogP contribution in [0, 0.1) is 5.41 Å². The van der Waals surface area contributed by atoms with Crippen LogP contribution in [-0.4, -0.2) is 13.1 Å². The zero-order valence-electron chi connectivity index (χ0n) is 9.51. The van der Waals surface area contributed by atoms with E-state index < -0.39 is 0 Å². The first-order chi connectivity index (χ1) is 7.77. The van der Waals surface area contributed by atoms with Gasteiger partial charge in [-0.25, -0.2) is 0 Å². The van der Waals surface area contributed by atoms with Gasteiger partial charge in [0.25, 0.3) is 0 Å². The Morgan fingerprint density at radius 2 is 1.94 bits per heavy atom. The number of piperidine rings is 1. The van der Waals surface area contributed by atoms with Crippen molar-refractivity contribution >= 4 is 11.6 Å². The summed E-state index contributed by atoms with van der Waals surface area (Å²) in [4.78, 5) is 0. The zero-order valence-corrected chi connectivity index (χ0v) is 10.3. The Balaban J connectivity index is 1.68. The maximum Gasteiger partial charge on any atom is 0.0408 e. The van der Waals surface area contributed by atoms with E-state index in [-0.39, 0.29) is 0 Å². The molecule has 2 fully saturated rings. The minimum atomic E-state index is 0.665. The zero-order chi connectivity index (χ0) is 11.0. The largest absolute Gasteiger partial charge is 0.317 e. The van der Waals surface area contributed by atoms with Gasteiger partial charge in [0.15, 0.2) is 0 Å². The van der Waals surface area contributed by atoms with Crippen LogP contribution in [0.25, 0.3) is 0 Å². The van der Waals surface area contributed by atoms with Crippen LogP contribution >= 0.6 is 11.6 Å². The Labute approximate surface area is 102 Å². The lowest BCUT2D eigenvalue weighted by Crippen LogP contribution is -2.44. The highest BCUT2D eigenvalue weighted by atomic mass is 35.5. The Hall–Kier alpha value is -0.530. The van der Waals surface area contributed by atoms with E-state index >= 15 is 0 Å². The van der Waals surface area contributed by atoms with E-state index in [0.29, 0.717) is 5.41 Å². The SMILES string of the molecule is Clc1cccc(C2CC3(CCNCC3)C2)c1. The molecule has 1 saturated carbocycles. The molecule has 1 aliphatic carbocycles. The van der Waals surface area contributed by atoms with Crippen molar-refractivity contribution in [3.05, 3.63) is 34.9 Å². The Morgan fingerprint density at radius 3 is 2.62 bits per heavy atom.